The van der Waals surface area contributed by atoms with E-state index in [1.165, 1.54) is 6.92 Å². The molecular weight excluding hydrogens is 194 g/mol. The molecule has 1 saturated heterocycles. The highest BCUT2D eigenvalue weighted by Crippen LogP contribution is 2.14. The van der Waals surface area contributed by atoms with Gasteiger partial charge < -0.3 is 14.4 Å². The van der Waals surface area contributed by atoms with Crippen molar-refractivity contribution in [1.82, 2.24) is 4.90 Å². The minimum absolute atomic E-state index is 0.0668. The Balaban J connectivity index is 2.33. The summed E-state index contributed by atoms with van der Waals surface area (Å²) in [6.07, 6.45) is 2.50. The molecule has 1 aliphatic rings. The molecule has 0 saturated carbocycles. The predicted molar refractivity (Wildman–Crippen MR) is 56.5 cm³/mol. The highest BCUT2D eigenvalue weighted by atomic mass is 16.5. The van der Waals surface area contributed by atoms with E-state index in [-0.39, 0.29) is 11.7 Å². The first-order valence-corrected chi connectivity index (χ1v) is 5.44. The number of rotatable bonds is 4. The van der Waals surface area contributed by atoms with Crippen molar-refractivity contribution >= 4 is 11.7 Å². The molecule has 0 radical (unpaired) electrons. The Morgan fingerprint density at radius 2 is 1.87 bits per heavy atom. The fourth-order valence-electron chi connectivity index (χ4n) is 1.74. The van der Waals surface area contributed by atoms with Gasteiger partial charge in [0.15, 0.2) is 0 Å². The summed E-state index contributed by atoms with van der Waals surface area (Å²) in [6.45, 7) is 2.98. The van der Waals surface area contributed by atoms with E-state index >= 15 is 0 Å². The van der Waals surface area contributed by atoms with Gasteiger partial charge >= 0.3 is 0 Å². The summed E-state index contributed by atoms with van der Waals surface area (Å²) in [6, 6.07) is 0.290. The topological polar surface area (TPSA) is 46.6 Å². The Kier molecular flexibility index (Phi) is 4.75. The molecule has 0 spiro atoms. The molecule has 15 heavy (non-hydrogen) atoms. The molecular formula is C11H19NO3. The number of carbonyl (C=O) groups is 2. The first-order chi connectivity index (χ1) is 7.11. The Labute approximate surface area is 90.6 Å². The number of carbonyl (C=O) groups excluding carboxylic acids is 2. The van der Waals surface area contributed by atoms with Gasteiger partial charge in [0.05, 0.1) is 0 Å². The van der Waals surface area contributed by atoms with Crippen molar-refractivity contribution in [2.24, 2.45) is 0 Å². The largest absolute Gasteiger partial charge is 0.381 e. The van der Waals surface area contributed by atoms with Gasteiger partial charge in [-0.15, -0.1) is 0 Å². The Morgan fingerprint density at radius 1 is 1.27 bits per heavy atom. The minimum Gasteiger partial charge on any atom is -0.381 e. The van der Waals surface area contributed by atoms with Crippen LogP contribution in [0.5, 0.6) is 0 Å². The second-order valence-electron chi connectivity index (χ2n) is 4.05. The summed E-state index contributed by atoms with van der Waals surface area (Å²) < 4.78 is 5.24. The van der Waals surface area contributed by atoms with Crippen LogP contribution in [0.3, 0.4) is 0 Å². The number of ether oxygens (including phenoxy) is 1. The van der Waals surface area contributed by atoms with Crippen molar-refractivity contribution in [3.8, 4) is 0 Å². The third-order valence-electron chi connectivity index (χ3n) is 2.82. The molecule has 0 aromatic rings. The maximum Gasteiger partial charge on any atom is 0.223 e. The molecule has 0 atom stereocenters. The molecule has 0 aromatic heterocycles. The van der Waals surface area contributed by atoms with E-state index in [2.05, 4.69) is 0 Å². The van der Waals surface area contributed by atoms with E-state index in [1.54, 1.807) is 4.90 Å². The predicted octanol–water partition coefficient (Wildman–Crippen LogP) is 0.993. The molecule has 0 unspecified atom stereocenters. The lowest BCUT2D eigenvalue weighted by Gasteiger charge is -2.31. The molecule has 4 nitrogen and oxygen atoms in total. The molecule has 1 amide bonds. The molecule has 0 N–H and O–H groups in total. The van der Waals surface area contributed by atoms with Crippen molar-refractivity contribution in [2.75, 3.05) is 20.3 Å². The fourth-order valence-corrected chi connectivity index (χ4v) is 1.74. The molecule has 1 fully saturated rings. The molecule has 1 heterocycles. The summed E-state index contributed by atoms with van der Waals surface area (Å²) in [5.41, 5.74) is 0. The van der Waals surface area contributed by atoms with Gasteiger partial charge in [-0.1, -0.05) is 0 Å². The summed E-state index contributed by atoms with van der Waals surface area (Å²) >= 11 is 0. The zero-order valence-corrected chi connectivity index (χ0v) is 9.49. The number of nitrogens with zero attached hydrogens (tertiary/aromatic N) is 1. The highest BCUT2D eigenvalue weighted by molar-refractivity contribution is 5.83. The zero-order chi connectivity index (χ0) is 11.3. The molecule has 0 aromatic carbocycles. The van der Waals surface area contributed by atoms with Gasteiger partial charge in [-0.3, -0.25) is 4.79 Å². The number of hydrogen-bond acceptors (Lipinski definition) is 3. The summed E-state index contributed by atoms with van der Waals surface area (Å²) in [4.78, 5) is 24.2. The van der Waals surface area contributed by atoms with Crippen LogP contribution in [-0.4, -0.2) is 42.9 Å². The summed E-state index contributed by atoms with van der Waals surface area (Å²) in [5, 5.41) is 0. The van der Waals surface area contributed by atoms with E-state index in [4.69, 9.17) is 4.74 Å². The number of ketones is 1. The third kappa shape index (κ3) is 4.00. The van der Waals surface area contributed by atoms with Crippen LogP contribution >= 0.6 is 0 Å². The van der Waals surface area contributed by atoms with Gasteiger partial charge in [0, 0.05) is 39.1 Å². The van der Waals surface area contributed by atoms with Crippen molar-refractivity contribution in [3.05, 3.63) is 0 Å². The highest BCUT2D eigenvalue weighted by Gasteiger charge is 2.22. The van der Waals surface area contributed by atoms with Crippen molar-refractivity contribution in [1.29, 1.82) is 0 Å². The molecule has 1 aliphatic heterocycles. The van der Waals surface area contributed by atoms with E-state index in [9.17, 15) is 9.59 Å². The second-order valence-corrected chi connectivity index (χ2v) is 4.05. The van der Waals surface area contributed by atoms with Crippen LogP contribution < -0.4 is 0 Å². The first kappa shape index (κ1) is 12.2. The average molecular weight is 213 g/mol. The Morgan fingerprint density at radius 3 is 2.40 bits per heavy atom. The van der Waals surface area contributed by atoms with Crippen LogP contribution in [0, 0.1) is 0 Å². The Bertz CT molecular complexity index is 234. The van der Waals surface area contributed by atoms with E-state index < -0.39 is 0 Å². The molecule has 0 aliphatic carbocycles. The lowest BCUT2D eigenvalue weighted by atomic mass is 10.1. The van der Waals surface area contributed by atoms with Gasteiger partial charge in [-0.05, 0) is 19.8 Å². The van der Waals surface area contributed by atoms with Crippen LogP contribution in [0.4, 0.5) is 0 Å². The van der Waals surface area contributed by atoms with E-state index in [0.29, 0.717) is 18.9 Å². The van der Waals surface area contributed by atoms with E-state index in [1.807, 2.05) is 7.05 Å². The molecule has 86 valence electrons. The lowest BCUT2D eigenvalue weighted by Crippen LogP contribution is -2.40. The van der Waals surface area contributed by atoms with Crippen LogP contribution in [-0.2, 0) is 14.3 Å². The van der Waals surface area contributed by atoms with Crippen LogP contribution in [0.2, 0.25) is 0 Å². The average Bonchev–Trinajstić information content (AvgIpc) is 2.26. The van der Waals surface area contributed by atoms with Crippen molar-refractivity contribution in [3.63, 3.8) is 0 Å². The summed E-state index contributed by atoms with van der Waals surface area (Å²) in [7, 11) is 1.82. The maximum absolute atomic E-state index is 11.7. The van der Waals surface area contributed by atoms with Gasteiger partial charge in [0.25, 0.3) is 0 Å². The maximum atomic E-state index is 11.7. The van der Waals surface area contributed by atoms with Gasteiger partial charge in [0.1, 0.15) is 5.78 Å². The quantitative estimate of drug-likeness (QED) is 0.699. The van der Waals surface area contributed by atoms with Crippen LogP contribution in [0.15, 0.2) is 0 Å². The van der Waals surface area contributed by atoms with Gasteiger partial charge in [0.2, 0.25) is 5.91 Å². The van der Waals surface area contributed by atoms with Gasteiger partial charge in [-0.2, -0.15) is 0 Å². The zero-order valence-electron chi connectivity index (χ0n) is 9.49. The van der Waals surface area contributed by atoms with Crippen LogP contribution in [0.1, 0.15) is 32.6 Å². The first-order valence-electron chi connectivity index (χ1n) is 5.44. The van der Waals surface area contributed by atoms with Crippen LogP contribution in [0.25, 0.3) is 0 Å². The standard InChI is InChI=1S/C11H19NO3/c1-9(13)3-4-11(14)12(2)10-5-7-15-8-6-10/h10H,3-8H2,1-2H3. The minimum atomic E-state index is 0.0668. The Hall–Kier alpha value is -0.900. The summed E-state index contributed by atoms with van der Waals surface area (Å²) in [5.74, 6) is 0.140. The number of amides is 1. The lowest BCUT2D eigenvalue weighted by molar-refractivity contribution is -0.135. The molecule has 4 heteroatoms. The molecule has 1 rings (SSSR count). The van der Waals surface area contributed by atoms with E-state index in [0.717, 1.165) is 26.1 Å². The smallest absolute Gasteiger partial charge is 0.223 e. The second kappa shape index (κ2) is 5.85. The fraction of sp³-hybridized carbons (Fsp3) is 0.818. The number of hydrogen-bond donors (Lipinski definition) is 0. The van der Waals surface area contributed by atoms with Gasteiger partial charge in [-0.25, -0.2) is 0 Å². The normalized spacial score (nSPS) is 17.5. The molecule has 0 bridgehead atoms. The SMILES string of the molecule is CC(=O)CCC(=O)N(C)C1CCOCC1. The van der Waals surface area contributed by atoms with Crippen molar-refractivity contribution in [2.45, 2.75) is 38.6 Å². The van der Waals surface area contributed by atoms with Crippen molar-refractivity contribution < 1.29 is 14.3 Å². The number of Topliss-reactive ketones (excluding diaryl/α,β-unsaturated/α-hetero) is 1. The monoisotopic (exact) mass is 213 g/mol. The third-order valence-corrected chi connectivity index (χ3v) is 2.82.